The van der Waals surface area contributed by atoms with Gasteiger partial charge in [-0.05, 0) is 18.6 Å². The Morgan fingerprint density at radius 2 is 1.94 bits per heavy atom. The van der Waals surface area contributed by atoms with E-state index in [4.69, 9.17) is 9.47 Å². The Labute approximate surface area is 118 Å². The summed E-state index contributed by atoms with van der Waals surface area (Å²) in [5, 5.41) is 0.854. The number of anilines is 1. The van der Waals surface area contributed by atoms with Crippen LogP contribution in [0.1, 0.15) is 12.5 Å². The molecule has 0 N–H and O–H groups in total. The van der Waals surface area contributed by atoms with E-state index in [1.807, 2.05) is 0 Å². The number of benzene rings is 1. The monoisotopic (exact) mass is 315 g/mol. The van der Waals surface area contributed by atoms with E-state index in [0.717, 1.165) is 11.9 Å². The number of halogens is 1. The molecule has 0 bridgehead atoms. The summed E-state index contributed by atoms with van der Waals surface area (Å²) in [6, 6.07) is 8.75. The molecule has 0 aliphatic heterocycles. The van der Waals surface area contributed by atoms with E-state index in [-0.39, 0.29) is 0 Å². The molecule has 0 saturated heterocycles. The van der Waals surface area contributed by atoms with Crippen molar-refractivity contribution in [3.63, 3.8) is 0 Å². The van der Waals surface area contributed by atoms with Crippen LogP contribution in [0.15, 0.2) is 24.3 Å². The molecule has 1 rings (SSSR count). The van der Waals surface area contributed by atoms with E-state index in [9.17, 15) is 0 Å². The highest BCUT2D eigenvalue weighted by Gasteiger charge is 2.16. The first kappa shape index (κ1) is 15.5. The minimum atomic E-state index is 0.324. The van der Waals surface area contributed by atoms with Gasteiger partial charge in [-0.25, -0.2) is 0 Å². The molecule has 0 spiro atoms. The van der Waals surface area contributed by atoms with Crippen LogP contribution in [0.4, 0.5) is 5.69 Å². The molecular formula is C14H22BrNO2. The van der Waals surface area contributed by atoms with Gasteiger partial charge in [0.05, 0.1) is 13.2 Å². The summed E-state index contributed by atoms with van der Waals surface area (Å²) in [7, 11) is 3.47. The molecule has 0 heterocycles. The number of rotatable bonds is 8. The van der Waals surface area contributed by atoms with Crippen molar-refractivity contribution in [3.8, 4) is 0 Å². The van der Waals surface area contributed by atoms with Gasteiger partial charge in [0.15, 0.2) is 0 Å². The maximum absolute atomic E-state index is 5.27. The lowest BCUT2D eigenvalue weighted by atomic mass is 10.1. The predicted molar refractivity (Wildman–Crippen MR) is 79.6 cm³/mol. The molecular weight excluding hydrogens is 294 g/mol. The van der Waals surface area contributed by atoms with Crippen LogP contribution in [0.5, 0.6) is 0 Å². The molecule has 0 aliphatic carbocycles. The molecule has 1 unspecified atom stereocenters. The summed E-state index contributed by atoms with van der Waals surface area (Å²) in [6.07, 6.45) is 0. The van der Waals surface area contributed by atoms with E-state index in [1.165, 1.54) is 11.3 Å². The summed E-state index contributed by atoms with van der Waals surface area (Å²) in [5.74, 6) is 0. The van der Waals surface area contributed by atoms with E-state index in [2.05, 4.69) is 52.0 Å². The molecule has 4 heteroatoms. The minimum Gasteiger partial charge on any atom is -0.383 e. The molecule has 0 amide bonds. The van der Waals surface area contributed by atoms with Gasteiger partial charge in [-0.1, -0.05) is 34.1 Å². The van der Waals surface area contributed by atoms with Gasteiger partial charge < -0.3 is 14.4 Å². The van der Waals surface area contributed by atoms with Crippen LogP contribution in [0.25, 0.3) is 0 Å². The summed E-state index contributed by atoms with van der Waals surface area (Å²) in [4.78, 5) is 2.34. The average Bonchev–Trinajstić information content (AvgIpc) is 2.40. The van der Waals surface area contributed by atoms with Gasteiger partial charge >= 0.3 is 0 Å². The molecule has 102 valence electrons. The maximum atomic E-state index is 5.27. The molecule has 0 aromatic heterocycles. The van der Waals surface area contributed by atoms with Gasteiger partial charge in [0.25, 0.3) is 0 Å². The first-order valence-electron chi connectivity index (χ1n) is 6.13. The fourth-order valence-corrected chi connectivity index (χ4v) is 2.48. The Kier molecular flexibility index (Phi) is 7.32. The molecule has 0 aliphatic rings. The molecule has 0 fully saturated rings. The van der Waals surface area contributed by atoms with Gasteiger partial charge in [-0.3, -0.25) is 0 Å². The summed E-state index contributed by atoms with van der Waals surface area (Å²) in [6.45, 7) is 4.46. The second-order valence-electron chi connectivity index (χ2n) is 4.25. The highest BCUT2D eigenvalue weighted by molar-refractivity contribution is 9.08. The van der Waals surface area contributed by atoms with Crippen molar-refractivity contribution < 1.29 is 9.47 Å². The Bertz CT molecular complexity index is 346. The summed E-state index contributed by atoms with van der Waals surface area (Å²) < 4.78 is 10.5. The first-order chi connectivity index (χ1) is 8.74. The topological polar surface area (TPSA) is 21.7 Å². The molecule has 3 nitrogen and oxygen atoms in total. The summed E-state index contributed by atoms with van der Waals surface area (Å²) >= 11 is 3.54. The van der Waals surface area contributed by atoms with Crippen molar-refractivity contribution in [2.45, 2.75) is 18.3 Å². The van der Waals surface area contributed by atoms with E-state index in [1.54, 1.807) is 14.2 Å². The maximum Gasteiger partial charge on any atom is 0.0663 e. The van der Waals surface area contributed by atoms with E-state index in [0.29, 0.717) is 19.3 Å². The largest absolute Gasteiger partial charge is 0.383 e. The Morgan fingerprint density at radius 3 is 2.56 bits per heavy atom. The molecule has 0 radical (unpaired) electrons. The Morgan fingerprint density at radius 1 is 1.22 bits per heavy atom. The normalized spacial score (nSPS) is 12.4. The fourth-order valence-electron chi connectivity index (χ4n) is 2.00. The van der Waals surface area contributed by atoms with Crippen LogP contribution in [0, 0.1) is 0 Å². The van der Waals surface area contributed by atoms with Crippen LogP contribution in [-0.4, -0.2) is 40.0 Å². The van der Waals surface area contributed by atoms with Crippen LogP contribution in [0.2, 0.25) is 0 Å². The van der Waals surface area contributed by atoms with E-state index < -0.39 is 0 Å². The lowest BCUT2D eigenvalue weighted by Crippen LogP contribution is -2.39. The van der Waals surface area contributed by atoms with E-state index >= 15 is 0 Å². The van der Waals surface area contributed by atoms with Crippen molar-refractivity contribution in [2.75, 3.05) is 38.9 Å². The smallest absolute Gasteiger partial charge is 0.0663 e. The molecule has 1 aromatic carbocycles. The lowest BCUT2D eigenvalue weighted by molar-refractivity contribution is 0.171. The van der Waals surface area contributed by atoms with Gasteiger partial charge in [0.2, 0.25) is 0 Å². The first-order valence-corrected chi connectivity index (χ1v) is 7.25. The molecule has 18 heavy (non-hydrogen) atoms. The van der Waals surface area contributed by atoms with Crippen molar-refractivity contribution in [1.29, 1.82) is 0 Å². The third-order valence-electron chi connectivity index (χ3n) is 2.92. The zero-order valence-electron chi connectivity index (χ0n) is 11.4. The average molecular weight is 316 g/mol. The highest BCUT2D eigenvalue weighted by atomic mass is 79.9. The van der Waals surface area contributed by atoms with Crippen molar-refractivity contribution >= 4 is 21.6 Å². The number of hydrogen-bond donors (Lipinski definition) is 0. The lowest BCUT2D eigenvalue weighted by Gasteiger charge is -2.32. The number of ether oxygens (including phenoxy) is 2. The highest BCUT2D eigenvalue weighted by Crippen LogP contribution is 2.24. The molecule has 1 atom stereocenters. The fraction of sp³-hybridized carbons (Fsp3) is 0.571. The van der Waals surface area contributed by atoms with Gasteiger partial charge in [0.1, 0.15) is 0 Å². The quantitative estimate of drug-likeness (QED) is 0.688. The number of para-hydroxylation sites is 1. The Hall–Kier alpha value is -0.580. The number of hydrogen-bond acceptors (Lipinski definition) is 3. The van der Waals surface area contributed by atoms with Crippen molar-refractivity contribution in [3.05, 3.63) is 29.8 Å². The van der Waals surface area contributed by atoms with Gasteiger partial charge in [-0.2, -0.15) is 0 Å². The Balaban J connectivity index is 2.92. The number of nitrogens with zero attached hydrogens (tertiary/aromatic N) is 1. The standard InChI is InChI=1S/C14H22BrNO2/c1-12(11-18-3)16(8-9-17-2)14-7-5-4-6-13(14)10-15/h4-7,12H,8-11H2,1-3H3. The van der Waals surface area contributed by atoms with Crippen molar-refractivity contribution in [2.24, 2.45) is 0 Å². The molecule has 0 saturated carbocycles. The van der Waals surface area contributed by atoms with Crippen molar-refractivity contribution in [1.82, 2.24) is 0 Å². The predicted octanol–water partition coefficient (Wildman–Crippen LogP) is 3.07. The number of alkyl halides is 1. The zero-order valence-corrected chi connectivity index (χ0v) is 12.9. The summed E-state index contributed by atoms with van der Waals surface area (Å²) in [5.41, 5.74) is 2.53. The van der Waals surface area contributed by atoms with Crippen LogP contribution in [0.3, 0.4) is 0 Å². The zero-order chi connectivity index (χ0) is 13.4. The van der Waals surface area contributed by atoms with Gasteiger partial charge in [0, 0.05) is 37.8 Å². The van der Waals surface area contributed by atoms with Crippen LogP contribution < -0.4 is 4.90 Å². The van der Waals surface area contributed by atoms with Crippen LogP contribution in [-0.2, 0) is 14.8 Å². The minimum absolute atomic E-state index is 0.324. The SMILES string of the molecule is COCCN(c1ccccc1CBr)C(C)COC. The third-order valence-corrected chi connectivity index (χ3v) is 3.53. The second kappa shape index (κ2) is 8.51. The second-order valence-corrected chi connectivity index (χ2v) is 4.81. The van der Waals surface area contributed by atoms with Gasteiger partial charge in [-0.15, -0.1) is 0 Å². The molecule has 1 aromatic rings. The number of methoxy groups -OCH3 is 2. The van der Waals surface area contributed by atoms with Crippen LogP contribution >= 0.6 is 15.9 Å². The third kappa shape index (κ3) is 4.26.